The fourth-order valence-corrected chi connectivity index (χ4v) is 4.82. The Kier molecular flexibility index (Phi) is 8.37. The van der Waals surface area contributed by atoms with Crippen molar-refractivity contribution in [2.45, 2.75) is 31.2 Å². The van der Waals surface area contributed by atoms with Crippen molar-refractivity contribution in [2.24, 2.45) is 0 Å². The lowest BCUT2D eigenvalue weighted by atomic mass is 10.1. The fraction of sp³-hybridized carbons (Fsp3) is 0.208. The molecule has 0 fully saturated rings. The van der Waals surface area contributed by atoms with E-state index >= 15 is 0 Å². The van der Waals surface area contributed by atoms with E-state index in [0.717, 1.165) is 11.1 Å². The smallest absolute Gasteiger partial charge is 0.242 e. The molecule has 3 aromatic rings. The first-order chi connectivity index (χ1) is 15.7. The summed E-state index contributed by atoms with van der Waals surface area (Å²) < 4.78 is 34.1. The molecule has 1 atom stereocenters. The first-order valence-electron chi connectivity index (χ1n) is 10.2. The Hall–Kier alpha value is -2.58. The summed E-state index contributed by atoms with van der Waals surface area (Å²) >= 11 is 12.3. The summed E-state index contributed by atoms with van der Waals surface area (Å²) in [6, 6.07) is 17.3. The van der Waals surface area contributed by atoms with Crippen LogP contribution in [0.2, 0.25) is 10.0 Å². The first-order valence-corrected chi connectivity index (χ1v) is 12.5. The molecule has 9 heteroatoms. The second-order valence-corrected chi connectivity index (χ2v) is 9.87. The Bertz CT molecular complexity index is 1230. The number of nitrogens with one attached hydrogen (secondary N) is 2. The highest BCUT2D eigenvalue weighted by molar-refractivity contribution is 7.89. The molecule has 0 aliphatic rings. The van der Waals surface area contributed by atoms with Gasteiger partial charge in [0.05, 0.1) is 16.5 Å². The van der Waals surface area contributed by atoms with Crippen LogP contribution in [0, 0.1) is 6.92 Å². The second-order valence-electron chi connectivity index (χ2n) is 7.34. The summed E-state index contributed by atoms with van der Waals surface area (Å²) in [5.74, 6) is -0.132. The Morgan fingerprint density at radius 2 is 1.73 bits per heavy atom. The van der Waals surface area contributed by atoms with Gasteiger partial charge >= 0.3 is 0 Å². The number of aryl methyl sites for hydroxylation is 1. The molecule has 174 valence electrons. The molecule has 0 aliphatic carbocycles. The molecule has 33 heavy (non-hydrogen) atoms. The molecular formula is C24H24Cl2N2O4S. The minimum Gasteiger partial charge on any atom is -0.492 e. The van der Waals surface area contributed by atoms with E-state index in [4.69, 9.17) is 27.9 Å². The van der Waals surface area contributed by atoms with Crippen molar-refractivity contribution in [1.82, 2.24) is 4.72 Å². The van der Waals surface area contributed by atoms with Crippen molar-refractivity contribution in [3.05, 3.63) is 87.9 Å². The van der Waals surface area contributed by atoms with Gasteiger partial charge in [0.2, 0.25) is 15.9 Å². The molecule has 6 nitrogen and oxygen atoms in total. The third-order valence-corrected chi connectivity index (χ3v) is 7.02. The third kappa shape index (κ3) is 6.71. The van der Waals surface area contributed by atoms with E-state index in [9.17, 15) is 13.2 Å². The van der Waals surface area contributed by atoms with Gasteiger partial charge < -0.3 is 10.1 Å². The summed E-state index contributed by atoms with van der Waals surface area (Å²) in [6.07, 6.45) is 0.149. The lowest BCUT2D eigenvalue weighted by Crippen LogP contribution is -2.45. The molecule has 1 amide bonds. The predicted molar refractivity (Wildman–Crippen MR) is 132 cm³/mol. The summed E-state index contributed by atoms with van der Waals surface area (Å²) in [5.41, 5.74) is 2.13. The van der Waals surface area contributed by atoms with Crippen LogP contribution in [0.5, 0.6) is 5.75 Å². The molecular weight excluding hydrogens is 483 g/mol. The Labute approximate surface area is 203 Å². The lowest BCUT2D eigenvalue weighted by Gasteiger charge is -2.19. The number of amides is 1. The van der Waals surface area contributed by atoms with E-state index in [0.29, 0.717) is 23.1 Å². The van der Waals surface area contributed by atoms with Crippen molar-refractivity contribution >= 4 is 44.8 Å². The number of carbonyl (C=O) groups excluding carboxylic acids is 1. The monoisotopic (exact) mass is 506 g/mol. The third-order valence-electron chi connectivity index (χ3n) is 4.85. The van der Waals surface area contributed by atoms with Crippen LogP contribution in [0.4, 0.5) is 5.69 Å². The SMILES string of the molecule is CCOc1ccc(S(=O)(=O)NC(Cc2ccccc2)C(=O)Nc2ccc(C)c(Cl)c2)cc1Cl. The molecule has 0 heterocycles. The number of anilines is 1. The molecule has 3 aromatic carbocycles. The topological polar surface area (TPSA) is 84.5 Å². The zero-order chi connectivity index (χ0) is 24.0. The number of halogens is 2. The summed E-state index contributed by atoms with van der Waals surface area (Å²) in [6.45, 7) is 4.05. The van der Waals surface area contributed by atoms with E-state index in [-0.39, 0.29) is 16.3 Å². The van der Waals surface area contributed by atoms with Gasteiger partial charge in [-0.3, -0.25) is 4.79 Å². The number of rotatable bonds is 9. The van der Waals surface area contributed by atoms with Gasteiger partial charge in [0.25, 0.3) is 0 Å². The van der Waals surface area contributed by atoms with Crippen molar-refractivity contribution in [2.75, 3.05) is 11.9 Å². The standard InChI is InChI=1S/C24H24Cl2N2O4S/c1-3-32-23-12-11-19(15-21(23)26)33(30,31)28-22(13-17-7-5-4-6-8-17)24(29)27-18-10-9-16(2)20(25)14-18/h4-12,14-15,22,28H,3,13H2,1-2H3,(H,27,29). The molecule has 1 unspecified atom stereocenters. The molecule has 3 rings (SSSR count). The van der Waals surface area contributed by atoms with Crippen LogP contribution < -0.4 is 14.8 Å². The maximum Gasteiger partial charge on any atom is 0.242 e. The normalized spacial score (nSPS) is 12.2. The zero-order valence-corrected chi connectivity index (χ0v) is 20.5. The number of carbonyl (C=O) groups is 1. The average molecular weight is 507 g/mol. The van der Waals surface area contributed by atoms with E-state index in [2.05, 4.69) is 10.0 Å². The van der Waals surface area contributed by atoms with Crippen molar-refractivity contribution in [3.63, 3.8) is 0 Å². The second kappa shape index (κ2) is 11.0. The molecule has 2 N–H and O–H groups in total. The van der Waals surface area contributed by atoms with Crippen LogP contribution in [-0.4, -0.2) is 27.0 Å². The van der Waals surface area contributed by atoms with Gasteiger partial charge in [0.15, 0.2) is 0 Å². The maximum atomic E-state index is 13.1. The molecule has 0 spiro atoms. The van der Waals surface area contributed by atoms with E-state index in [1.165, 1.54) is 18.2 Å². The minimum absolute atomic E-state index is 0.0693. The number of hydrogen-bond donors (Lipinski definition) is 2. The van der Waals surface area contributed by atoms with Gasteiger partial charge in [-0.1, -0.05) is 59.6 Å². The molecule has 0 radical (unpaired) electrons. The highest BCUT2D eigenvalue weighted by Crippen LogP contribution is 2.27. The van der Waals surface area contributed by atoms with Gasteiger partial charge in [-0.2, -0.15) is 4.72 Å². The maximum absolute atomic E-state index is 13.1. The van der Waals surface area contributed by atoms with Gasteiger partial charge in [-0.05, 0) is 61.7 Å². The highest BCUT2D eigenvalue weighted by Gasteiger charge is 2.27. The molecule has 0 aliphatic heterocycles. The van der Waals surface area contributed by atoms with Crippen LogP contribution in [0.15, 0.2) is 71.6 Å². The average Bonchev–Trinajstić information content (AvgIpc) is 2.78. The fourth-order valence-electron chi connectivity index (χ4n) is 3.11. The number of hydrogen-bond acceptors (Lipinski definition) is 4. The molecule has 0 saturated carbocycles. The van der Waals surface area contributed by atoms with Crippen LogP contribution in [-0.2, 0) is 21.2 Å². The van der Waals surface area contributed by atoms with Crippen LogP contribution in [0.25, 0.3) is 0 Å². The summed E-state index contributed by atoms with van der Waals surface area (Å²) in [4.78, 5) is 13.0. The largest absolute Gasteiger partial charge is 0.492 e. The molecule has 0 saturated heterocycles. The quantitative estimate of drug-likeness (QED) is 0.416. The van der Waals surface area contributed by atoms with Crippen LogP contribution in [0.3, 0.4) is 0 Å². The van der Waals surface area contributed by atoms with E-state index in [1.807, 2.05) is 37.3 Å². The van der Waals surface area contributed by atoms with Gasteiger partial charge in [-0.15, -0.1) is 0 Å². The van der Waals surface area contributed by atoms with Gasteiger partial charge in [-0.25, -0.2) is 8.42 Å². The number of benzene rings is 3. The summed E-state index contributed by atoms with van der Waals surface area (Å²) in [7, 11) is -4.06. The minimum atomic E-state index is -4.06. The first kappa shape index (κ1) is 25.1. The van der Waals surface area contributed by atoms with Crippen molar-refractivity contribution in [1.29, 1.82) is 0 Å². The van der Waals surface area contributed by atoms with Gasteiger partial charge in [0.1, 0.15) is 11.8 Å². The molecule has 0 aromatic heterocycles. The number of ether oxygens (including phenoxy) is 1. The Morgan fingerprint density at radius 1 is 1.00 bits per heavy atom. The van der Waals surface area contributed by atoms with Crippen LogP contribution in [0.1, 0.15) is 18.1 Å². The predicted octanol–water partition coefficient (Wildman–Crippen LogP) is 5.23. The van der Waals surface area contributed by atoms with E-state index in [1.54, 1.807) is 25.1 Å². The van der Waals surface area contributed by atoms with Crippen LogP contribution >= 0.6 is 23.2 Å². The Morgan fingerprint density at radius 3 is 2.36 bits per heavy atom. The highest BCUT2D eigenvalue weighted by atomic mass is 35.5. The van der Waals surface area contributed by atoms with Crippen molar-refractivity contribution < 1.29 is 17.9 Å². The van der Waals surface area contributed by atoms with Crippen molar-refractivity contribution in [3.8, 4) is 5.75 Å². The molecule has 0 bridgehead atoms. The lowest BCUT2D eigenvalue weighted by molar-refractivity contribution is -0.117. The summed E-state index contributed by atoms with van der Waals surface area (Å²) in [5, 5.41) is 3.41. The number of sulfonamides is 1. The van der Waals surface area contributed by atoms with E-state index < -0.39 is 22.0 Å². The Balaban J connectivity index is 1.87. The zero-order valence-electron chi connectivity index (χ0n) is 18.1. The van der Waals surface area contributed by atoms with Gasteiger partial charge in [0, 0.05) is 10.7 Å².